The minimum Gasteiger partial charge on any atom is -0.376 e. The molecule has 17 heavy (non-hydrogen) atoms. The molecule has 5 nitrogen and oxygen atoms in total. The van der Waals surface area contributed by atoms with Crippen molar-refractivity contribution in [1.29, 1.82) is 0 Å². The van der Waals surface area contributed by atoms with Gasteiger partial charge < -0.3 is 16.4 Å². The molecule has 0 fully saturated rings. The first-order valence-corrected chi connectivity index (χ1v) is 5.31. The van der Waals surface area contributed by atoms with E-state index in [1.165, 1.54) is 0 Å². The Hall–Kier alpha value is -2.13. The lowest BCUT2D eigenvalue weighted by Gasteiger charge is -2.08. The number of guanidine groups is 1. The molecule has 1 aromatic heterocycles. The molecule has 0 aliphatic heterocycles. The van der Waals surface area contributed by atoms with Gasteiger partial charge in [-0.25, -0.2) is 4.99 Å². The first-order chi connectivity index (χ1) is 8.22. The average molecular weight is 247 g/mol. The number of nitrogens with one attached hydrogen (secondary N) is 2. The number of nitrogens with two attached hydrogens (primary N) is 1. The largest absolute Gasteiger partial charge is 0.376 e. The molecule has 1 rings (SSSR count). The van der Waals surface area contributed by atoms with E-state index >= 15 is 0 Å². The molecule has 0 unspecified atom stereocenters. The van der Waals surface area contributed by atoms with Crippen LogP contribution in [0.2, 0.25) is 0 Å². The van der Waals surface area contributed by atoms with Crippen LogP contribution < -0.4 is 16.4 Å². The van der Waals surface area contributed by atoms with E-state index in [0.717, 1.165) is 5.69 Å². The summed E-state index contributed by atoms with van der Waals surface area (Å²) in [5.74, 6) is 2.88. The molecule has 0 radical (unpaired) electrons. The third kappa shape index (κ3) is 5.49. The van der Waals surface area contributed by atoms with Gasteiger partial charge in [0.25, 0.3) is 0 Å². The fraction of sp³-hybridized carbons (Fsp3) is 0.182. The Morgan fingerprint density at radius 3 is 3.00 bits per heavy atom. The molecule has 4 N–H and O–H groups in total. The highest BCUT2D eigenvalue weighted by atomic mass is 32.1. The first-order valence-electron chi connectivity index (χ1n) is 4.90. The summed E-state index contributed by atoms with van der Waals surface area (Å²) < 4.78 is 0. The highest BCUT2D eigenvalue weighted by Gasteiger charge is 1.98. The molecule has 0 saturated carbocycles. The van der Waals surface area contributed by atoms with Gasteiger partial charge in [0.1, 0.15) is 0 Å². The van der Waals surface area contributed by atoms with Crippen LogP contribution in [0.1, 0.15) is 5.69 Å². The minimum absolute atomic E-state index is 0.134. The van der Waals surface area contributed by atoms with Gasteiger partial charge in [0.15, 0.2) is 11.1 Å². The molecule has 0 amide bonds. The lowest BCUT2D eigenvalue weighted by atomic mass is 10.3. The maximum Gasteiger partial charge on any atom is 0.198 e. The van der Waals surface area contributed by atoms with E-state index in [-0.39, 0.29) is 5.11 Å². The van der Waals surface area contributed by atoms with Crippen molar-refractivity contribution in [2.24, 2.45) is 10.7 Å². The highest BCUT2D eigenvalue weighted by Crippen LogP contribution is 1.94. The van der Waals surface area contributed by atoms with Crippen molar-refractivity contribution in [2.75, 3.05) is 6.54 Å². The summed E-state index contributed by atoms with van der Waals surface area (Å²) in [6.07, 6.45) is 6.85. The number of pyridine rings is 1. The number of hydrogen-bond acceptors (Lipinski definition) is 3. The van der Waals surface area contributed by atoms with Crippen LogP contribution in [0.3, 0.4) is 0 Å². The molecule has 0 bridgehead atoms. The van der Waals surface area contributed by atoms with Crippen LogP contribution in [0.5, 0.6) is 0 Å². The van der Waals surface area contributed by atoms with E-state index in [9.17, 15) is 0 Å². The zero-order valence-corrected chi connectivity index (χ0v) is 10.00. The van der Waals surface area contributed by atoms with E-state index < -0.39 is 0 Å². The monoisotopic (exact) mass is 247 g/mol. The highest BCUT2D eigenvalue weighted by molar-refractivity contribution is 7.80. The predicted molar refractivity (Wildman–Crippen MR) is 72.1 cm³/mol. The number of aromatic nitrogens is 1. The Kier molecular flexibility index (Phi) is 5.47. The Bertz CT molecular complexity index is 435. The van der Waals surface area contributed by atoms with E-state index in [4.69, 9.17) is 24.4 Å². The van der Waals surface area contributed by atoms with Crippen LogP contribution in [0, 0.1) is 12.3 Å². The van der Waals surface area contributed by atoms with E-state index in [1.807, 2.05) is 18.2 Å². The topological polar surface area (TPSA) is 75.3 Å². The maximum absolute atomic E-state index is 5.37. The second kappa shape index (κ2) is 7.19. The summed E-state index contributed by atoms with van der Waals surface area (Å²) in [6, 6.07) is 5.62. The van der Waals surface area contributed by atoms with Gasteiger partial charge in [-0.05, 0) is 24.4 Å². The molecule has 0 atom stereocenters. The third-order valence-electron chi connectivity index (χ3n) is 1.72. The van der Waals surface area contributed by atoms with Crippen LogP contribution in [0.25, 0.3) is 0 Å². The fourth-order valence-corrected chi connectivity index (χ4v) is 1.14. The number of hydrogen-bond donors (Lipinski definition) is 3. The number of rotatable bonds is 3. The molecule has 6 heteroatoms. The Morgan fingerprint density at radius 1 is 1.59 bits per heavy atom. The molecule has 0 spiro atoms. The molecule has 88 valence electrons. The van der Waals surface area contributed by atoms with Crippen molar-refractivity contribution in [2.45, 2.75) is 6.54 Å². The lowest BCUT2D eigenvalue weighted by Crippen LogP contribution is -2.43. The van der Waals surface area contributed by atoms with Gasteiger partial charge in [0, 0.05) is 6.20 Å². The predicted octanol–water partition coefficient (Wildman–Crippen LogP) is -0.00640. The van der Waals surface area contributed by atoms with Gasteiger partial charge >= 0.3 is 0 Å². The molecule has 0 aliphatic rings. The van der Waals surface area contributed by atoms with Crippen LogP contribution in [-0.4, -0.2) is 22.6 Å². The molecule has 0 aromatic carbocycles. The number of terminal acetylenes is 1. The van der Waals surface area contributed by atoms with Crippen molar-refractivity contribution in [3.05, 3.63) is 30.1 Å². The van der Waals surface area contributed by atoms with Gasteiger partial charge in [0.05, 0.1) is 18.8 Å². The summed E-state index contributed by atoms with van der Waals surface area (Å²) in [5, 5.41) is 5.72. The normalized spacial score (nSPS) is 10.4. The fourth-order valence-electron chi connectivity index (χ4n) is 1.04. The molecular formula is C11H13N5S. The second-order valence-corrected chi connectivity index (χ2v) is 3.47. The molecular weight excluding hydrogens is 234 g/mol. The first kappa shape index (κ1) is 12.9. The Morgan fingerprint density at radius 2 is 2.41 bits per heavy atom. The number of aliphatic imine (C=N–C) groups is 1. The number of nitrogens with zero attached hydrogens (tertiary/aromatic N) is 2. The van der Waals surface area contributed by atoms with Gasteiger partial charge in [-0.1, -0.05) is 12.0 Å². The molecule has 1 aromatic rings. The number of thiocarbonyl (C=S) groups is 1. The lowest BCUT2D eigenvalue weighted by molar-refractivity contribution is 0.929. The summed E-state index contributed by atoms with van der Waals surface area (Å²) in [4.78, 5) is 8.38. The van der Waals surface area contributed by atoms with Crippen molar-refractivity contribution in [3.8, 4) is 12.3 Å². The smallest absolute Gasteiger partial charge is 0.198 e. The van der Waals surface area contributed by atoms with E-state index in [1.54, 1.807) is 6.20 Å². The Balaban J connectivity index is 2.62. The molecule has 0 aliphatic carbocycles. The molecule has 1 heterocycles. The molecule has 0 saturated heterocycles. The van der Waals surface area contributed by atoms with Gasteiger partial charge in [-0.2, -0.15) is 0 Å². The SMILES string of the molecule is C#CCNC(=NCc1ccccn1)NC(N)=S. The van der Waals surface area contributed by atoms with Crippen molar-refractivity contribution >= 4 is 23.3 Å². The van der Waals surface area contributed by atoms with Crippen LogP contribution in [0.4, 0.5) is 0 Å². The Labute approximate surface area is 106 Å². The second-order valence-electron chi connectivity index (χ2n) is 3.03. The standard InChI is InChI=1S/C11H13N5S/c1-2-6-14-11(16-10(12)17)15-8-9-5-3-4-7-13-9/h1,3-5,7H,6,8H2,(H4,12,14,15,16,17). The van der Waals surface area contributed by atoms with Crippen LogP contribution >= 0.6 is 12.2 Å². The van der Waals surface area contributed by atoms with Crippen LogP contribution in [-0.2, 0) is 6.54 Å². The quantitative estimate of drug-likeness (QED) is 0.303. The third-order valence-corrected chi connectivity index (χ3v) is 1.83. The minimum atomic E-state index is 0.134. The summed E-state index contributed by atoms with van der Waals surface area (Å²) >= 11 is 4.73. The van der Waals surface area contributed by atoms with Gasteiger partial charge in [-0.3, -0.25) is 4.98 Å². The van der Waals surface area contributed by atoms with Gasteiger partial charge in [0.2, 0.25) is 0 Å². The summed E-state index contributed by atoms with van der Waals surface area (Å²) in [7, 11) is 0. The van der Waals surface area contributed by atoms with E-state index in [2.05, 4.69) is 26.5 Å². The van der Waals surface area contributed by atoms with Crippen LogP contribution in [0.15, 0.2) is 29.4 Å². The maximum atomic E-state index is 5.37. The average Bonchev–Trinajstić information content (AvgIpc) is 2.33. The summed E-state index contributed by atoms with van der Waals surface area (Å²) in [6.45, 7) is 0.764. The van der Waals surface area contributed by atoms with E-state index in [0.29, 0.717) is 19.0 Å². The summed E-state index contributed by atoms with van der Waals surface area (Å²) in [5.41, 5.74) is 6.21. The van der Waals surface area contributed by atoms with Crippen molar-refractivity contribution in [1.82, 2.24) is 15.6 Å². The van der Waals surface area contributed by atoms with Crippen molar-refractivity contribution < 1.29 is 0 Å². The van der Waals surface area contributed by atoms with Crippen molar-refractivity contribution in [3.63, 3.8) is 0 Å². The zero-order valence-electron chi connectivity index (χ0n) is 9.18. The van der Waals surface area contributed by atoms with Gasteiger partial charge in [-0.15, -0.1) is 6.42 Å². The zero-order chi connectivity index (χ0) is 12.5.